The number of aromatic nitrogens is 1. The quantitative estimate of drug-likeness (QED) is 0.107. The maximum absolute atomic E-state index is 13.4. The number of aryl methyl sites for hydroxylation is 2. The fourth-order valence-corrected chi connectivity index (χ4v) is 6.05. The Kier molecular flexibility index (Phi) is 8.05. The fraction of sp³-hybridized carbons (Fsp3) is 0.161. The number of anilines is 1. The molecule has 8 nitrogen and oxygen atoms in total. The molecular formula is C31H25BrN2O6S. The molecule has 1 aliphatic heterocycles. The van der Waals surface area contributed by atoms with E-state index < -0.39 is 23.7 Å². The zero-order valence-corrected chi connectivity index (χ0v) is 24.8. The topological polar surface area (TPSA) is 106 Å². The number of aliphatic hydroxyl groups is 1. The summed E-state index contributed by atoms with van der Waals surface area (Å²) in [5.74, 6) is -2.06. The third kappa shape index (κ3) is 5.66. The summed E-state index contributed by atoms with van der Waals surface area (Å²) in [5, 5.41) is 11.6. The molecule has 0 radical (unpaired) electrons. The van der Waals surface area contributed by atoms with Crippen LogP contribution >= 0.6 is 27.3 Å². The molecule has 0 spiro atoms. The van der Waals surface area contributed by atoms with E-state index in [2.05, 4.69) is 20.9 Å². The van der Waals surface area contributed by atoms with Crippen LogP contribution in [-0.4, -0.2) is 34.9 Å². The van der Waals surface area contributed by atoms with Crippen LogP contribution in [0.1, 0.15) is 43.7 Å². The number of methoxy groups -OCH3 is 1. The lowest BCUT2D eigenvalue weighted by Crippen LogP contribution is -2.29. The molecule has 1 aromatic heterocycles. The second kappa shape index (κ2) is 11.7. The predicted octanol–water partition coefficient (Wildman–Crippen LogP) is 6.51. The van der Waals surface area contributed by atoms with Crippen LogP contribution in [0, 0.1) is 13.8 Å². The summed E-state index contributed by atoms with van der Waals surface area (Å²) in [6.07, 6.45) is 0. The number of amides is 1. The number of ketones is 1. The van der Waals surface area contributed by atoms with Gasteiger partial charge in [0.25, 0.3) is 5.78 Å². The number of halogens is 1. The van der Waals surface area contributed by atoms with Gasteiger partial charge in [0.05, 0.1) is 24.4 Å². The first-order valence-electron chi connectivity index (χ1n) is 12.6. The van der Waals surface area contributed by atoms with E-state index in [1.54, 1.807) is 49.4 Å². The van der Waals surface area contributed by atoms with Crippen LogP contribution in [0.5, 0.6) is 5.75 Å². The van der Waals surface area contributed by atoms with Crippen LogP contribution < -0.4 is 9.64 Å². The smallest absolute Gasteiger partial charge is 0.350 e. The Morgan fingerprint density at radius 1 is 1.05 bits per heavy atom. The van der Waals surface area contributed by atoms with Gasteiger partial charge in [-0.3, -0.25) is 14.5 Å². The molecule has 1 unspecified atom stereocenters. The summed E-state index contributed by atoms with van der Waals surface area (Å²) in [5.41, 5.74) is 3.36. The number of ether oxygens (including phenoxy) is 2. The van der Waals surface area contributed by atoms with Gasteiger partial charge in [0, 0.05) is 10.0 Å². The zero-order chi connectivity index (χ0) is 29.3. The van der Waals surface area contributed by atoms with E-state index in [4.69, 9.17) is 9.47 Å². The second-order valence-corrected chi connectivity index (χ2v) is 11.3. The highest BCUT2D eigenvalue weighted by molar-refractivity contribution is 9.10. The van der Waals surface area contributed by atoms with Crippen LogP contribution in [-0.2, 0) is 20.9 Å². The summed E-state index contributed by atoms with van der Waals surface area (Å²) in [4.78, 5) is 45.0. The molecule has 0 bridgehead atoms. The normalized spacial score (nSPS) is 16.2. The number of thiazole rings is 1. The van der Waals surface area contributed by atoms with E-state index in [1.165, 1.54) is 12.0 Å². The largest absolute Gasteiger partial charge is 0.507 e. The van der Waals surface area contributed by atoms with Gasteiger partial charge in [0.1, 0.15) is 23.0 Å². The fourth-order valence-electron chi connectivity index (χ4n) is 4.62. The Balaban J connectivity index is 1.53. The van der Waals surface area contributed by atoms with Crippen LogP contribution in [0.25, 0.3) is 5.76 Å². The van der Waals surface area contributed by atoms with Crippen molar-refractivity contribution in [3.8, 4) is 5.75 Å². The second-order valence-electron chi connectivity index (χ2n) is 9.43. The van der Waals surface area contributed by atoms with Crippen molar-refractivity contribution < 1.29 is 29.0 Å². The van der Waals surface area contributed by atoms with Crippen LogP contribution in [0.4, 0.5) is 5.13 Å². The number of rotatable bonds is 7. The number of benzene rings is 3. The minimum Gasteiger partial charge on any atom is -0.507 e. The molecule has 41 heavy (non-hydrogen) atoms. The molecule has 5 rings (SSSR count). The molecule has 2 heterocycles. The van der Waals surface area contributed by atoms with Crippen LogP contribution in [0.15, 0.2) is 82.8 Å². The maximum Gasteiger partial charge on any atom is 0.350 e. The number of carbonyl (C=O) groups excluding carboxylic acids is 3. The van der Waals surface area contributed by atoms with E-state index in [1.807, 2.05) is 37.3 Å². The standard InChI is InChI=1S/C31H25BrN2O6S/c1-17-6-4-7-19(14-17)16-40-23-12-10-20(11-13-23)26(35)24-25(21-8-5-9-22(32)15-21)34(29(37)27(24)36)31-33-18(2)28(41-31)30(38)39-3/h4-15,25,35H,16H2,1-3H3/b26-24+. The molecule has 1 amide bonds. The number of esters is 1. The molecule has 0 aliphatic carbocycles. The van der Waals surface area contributed by atoms with E-state index in [9.17, 15) is 19.5 Å². The van der Waals surface area contributed by atoms with E-state index in [0.29, 0.717) is 29.2 Å². The highest BCUT2D eigenvalue weighted by atomic mass is 79.9. The third-order valence-electron chi connectivity index (χ3n) is 6.59. The number of carbonyl (C=O) groups is 3. The number of nitrogens with zero attached hydrogens (tertiary/aromatic N) is 2. The van der Waals surface area contributed by atoms with Gasteiger partial charge in [-0.25, -0.2) is 9.78 Å². The Labute approximate surface area is 249 Å². The minimum atomic E-state index is -0.985. The maximum atomic E-state index is 13.4. The summed E-state index contributed by atoms with van der Waals surface area (Å²) in [6, 6.07) is 20.8. The van der Waals surface area contributed by atoms with Crippen molar-refractivity contribution >= 4 is 55.8 Å². The Hall–Kier alpha value is -4.28. The molecule has 1 N–H and O–H groups in total. The van der Waals surface area contributed by atoms with Gasteiger partial charge in [-0.05, 0) is 61.4 Å². The van der Waals surface area contributed by atoms with Gasteiger partial charge in [-0.15, -0.1) is 0 Å². The highest BCUT2D eigenvalue weighted by Crippen LogP contribution is 2.44. The van der Waals surface area contributed by atoms with Gasteiger partial charge >= 0.3 is 11.9 Å². The van der Waals surface area contributed by atoms with Crippen molar-refractivity contribution in [2.75, 3.05) is 12.0 Å². The van der Waals surface area contributed by atoms with E-state index in [-0.39, 0.29) is 21.3 Å². The molecule has 0 saturated carbocycles. The third-order valence-corrected chi connectivity index (χ3v) is 8.22. The summed E-state index contributed by atoms with van der Waals surface area (Å²) >= 11 is 4.40. The van der Waals surface area contributed by atoms with E-state index in [0.717, 1.165) is 26.9 Å². The predicted molar refractivity (Wildman–Crippen MR) is 159 cm³/mol. The van der Waals surface area contributed by atoms with Crippen LogP contribution in [0.2, 0.25) is 0 Å². The summed E-state index contributed by atoms with van der Waals surface area (Å²) in [7, 11) is 1.26. The average molecular weight is 634 g/mol. The van der Waals surface area contributed by atoms with Crippen molar-refractivity contribution in [1.82, 2.24) is 4.98 Å². The van der Waals surface area contributed by atoms with Crippen molar-refractivity contribution in [3.05, 3.63) is 116 Å². The molecule has 208 valence electrons. The van der Waals surface area contributed by atoms with Crippen molar-refractivity contribution in [3.63, 3.8) is 0 Å². The lowest BCUT2D eigenvalue weighted by Gasteiger charge is -2.23. The molecule has 3 aromatic carbocycles. The summed E-state index contributed by atoms with van der Waals surface area (Å²) < 4.78 is 11.5. The SMILES string of the molecule is COC(=O)c1sc(N2C(=O)C(=O)/C(=C(/O)c3ccc(OCc4cccc(C)c4)cc3)C2c2cccc(Br)c2)nc1C. The molecule has 1 aliphatic rings. The molecular weight excluding hydrogens is 608 g/mol. The monoisotopic (exact) mass is 632 g/mol. The van der Waals surface area contributed by atoms with E-state index >= 15 is 0 Å². The Morgan fingerprint density at radius 3 is 2.46 bits per heavy atom. The molecule has 1 fully saturated rings. The zero-order valence-electron chi connectivity index (χ0n) is 22.4. The van der Waals surface area contributed by atoms with Crippen molar-refractivity contribution in [2.24, 2.45) is 0 Å². The lowest BCUT2D eigenvalue weighted by molar-refractivity contribution is -0.132. The highest BCUT2D eigenvalue weighted by Gasteiger charge is 2.48. The molecule has 10 heteroatoms. The number of aliphatic hydroxyl groups excluding tert-OH is 1. The average Bonchev–Trinajstić information content (AvgIpc) is 3.47. The first kappa shape index (κ1) is 28.3. The number of hydrogen-bond acceptors (Lipinski definition) is 8. The molecule has 1 saturated heterocycles. The first-order chi connectivity index (χ1) is 19.7. The van der Waals surface area contributed by atoms with Gasteiger partial charge in [0.15, 0.2) is 5.13 Å². The first-order valence-corrected chi connectivity index (χ1v) is 14.2. The Bertz CT molecular complexity index is 1690. The van der Waals surface area contributed by atoms with Crippen LogP contribution in [0.3, 0.4) is 0 Å². The summed E-state index contributed by atoms with van der Waals surface area (Å²) in [6.45, 7) is 4.02. The van der Waals surface area contributed by atoms with Gasteiger partial charge in [-0.2, -0.15) is 0 Å². The minimum absolute atomic E-state index is 0.0889. The van der Waals surface area contributed by atoms with Gasteiger partial charge in [0.2, 0.25) is 0 Å². The van der Waals surface area contributed by atoms with Gasteiger partial charge < -0.3 is 14.6 Å². The number of Topliss-reactive ketones (excluding diaryl/α,β-unsaturated/α-hetero) is 1. The number of hydrogen-bond donors (Lipinski definition) is 1. The van der Waals surface area contributed by atoms with Crippen molar-refractivity contribution in [2.45, 2.75) is 26.5 Å². The van der Waals surface area contributed by atoms with Gasteiger partial charge in [-0.1, -0.05) is 69.2 Å². The van der Waals surface area contributed by atoms with Crippen molar-refractivity contribution in [1.29, 1.82) is 0 Å². The molecule has 4 aromatic rings. The lowest BCUT2D eigenvalue weighted by atomic mass is 9.95. The molecule has 1 atom stereocenters. The Morgan fingerprint density at radius 2 is 1.78 bits per heavy atom.